The van der Waals surface area contributed by atoms with E-state index in [0.29, 0.717) is 17.9 Å². The van der Waals surface area contributed by atoms with Crippen molar-refractivity contribution in [2.45, 2.75) is 13.3 Å². The van der Waals surface area contributed by atoms with Gasteiger partial charge in [-0.1, -0.05) is 12.1 Å². The zero-order valence-corrected chi connectivity index (χ0v) is 12.9. The Morgan fingerprint density at radius 1 is 1.26 bits per heavy atom. The van der Waals surface area contributed by atoms with E-state index in [9.17, 15) is 4.79 Å². The molecule has 0 aromatic heterocycles. The molecule has 0 amide bonds. The fourth-order valence-electron chi connectivity index (χ4n) is 2.14. The van der Waals surface area contributed by atoms with Crippen molar-refractivity contribution in [3.63, 3.8) is 0 Å². The fraction of sp³-hybridized carbons (Fsp3) is 0.222. The Morgan fingerprint density at radius 3 is 2.65 bits per heavy atom. The fourth-order valence-corrected chi connectivity index (χ4v) is 2.14. The summed E-state index contributed by atoms with van der Waals surface area (Å²) in [6.07, 6.45) is 0.734. The summed E-state index contributed by atoms with van der Waals surface area (Å²) in [7, 11) is 0. The number of nitriles is 1. The number of aliphatic carboxylic acids is 1. The van der Waals surface area contributed by atoms with Gasteiger partial charge in [-0.05, 0) is 42.3 Å². The second-order valence-corrected chi connectivity index (χ2v) is 5.19. The molecule has 0 atom stereocenters. The van der Waals surface area contributed by atoms with Crippen molar-refractivity contribution in [2.75, 3.05) is 18.5 Å². The van der Waals surface area contributed by atoms with Gasteiger partial charge in [0.05, 0.1) is 18.2 Å². The van der Waals surface area contributed by atoms with Crippen LogP contribution in [0.5, 0.6) is 5.75 Å². The van der Waals surface area contributed by atoms with Gasteiger partial charge in [0, 0.05) is 18.2 Å². The number of carboxylic acids is 1. The lowest BCUT2D eigenvalue weighted by atomic mass is 10.1. The van der Waals surface area contributed by atoms with Crippen molar-refractivity contribution in [1.82, 2.24) is 0 Å². The maximum atomic E-state index is 10.6. The highest BCUT2D eigenvalue weighted by Crippen LogP contribution is 2.21. The maximum absolute atomic E-state index is 10.6. The number of anilines is 1. The molecule has 2 aromatic carbocycles. The molecule has 0 aliphatic carbocycles. The smallest absolute Gasteiger partial charge is 0.322 e. The van der Waals surface area contributed by atoms with Crippen molar-refractivity contribution in [1.29, 1.82) is 5.26 Å². The summed E-state index contributed by atoms with van der Waals surface area (Å²) in [5.41, 5.74) is 3.46. The molecule has 0 saturated carbocycles. The summed E-state index contributed by atoms with van der Waals surface area (Å²) in [5.74, 6) is -0.207. The summed E-state index contributed by atoms with van der Waals surface area (Å²) >= 11 is 0. The predicted octanol–water partition coefficient (Wildman–Crippen LogP) is 2.98. The lowest BCUT2D eigenvalue weighted by Crippen LogP contribution is -2.12. The first-order valence-electron chi connectivity index (χ1n) is 7.26. The maximum Gasteiger partial charge on any atom is 0.322 e. The van der Waals surface area contributed by atoms with Gasteiger partial charge >= 0.3 is 5.97 Å². The zero-order valence-electron chi connectivity index (χ0n) is 12.9. The molecule has 0 unspecified atom stereocenters. The molecule has 0 fully saturated rings. The number of nitrogens with zero attached hydrogens (tertiary/aromatic N) is 1. The summed E-state index contributed by atoms with van der Waals surface area (Å²) < 4.78 is 5.74. The lowest BCUT2D eigenvalue weighted by Gasteiger charge is -2.10. The van der Waals surface area contributed by atoms with Gasteiger partial charge in [0.25, 0.3) is 0 Å². The monoisotopic (exact) mass is 310 g/mol. The molecule has 0 spiro atoms. The topological polar surface area (TPSA) is 82.3 Å². The Bertz CT molecular complexity index is 718. The van der Waals surface area contributed by atoms with Crippen LogP contribution in [0, 0.1) is 18.3 Å². The van der Waals surface area contributed by atoms with E-state index >= 15 is 0 Å². The summed E-state index contributed by atoms with van der Waals surface area (Å²) in [4.78, 5) is 10.6. The zero-order chi connectivity index (χ0) is 16.7. The molecule has 0 saturated heterocycles. The highest BCUT2D eigenvalue weighted by molar-refractivity contribution is 5.73. The second-order valence-electron chi connectivity index (χ2n) is 5.19. The largest absolute Gasteiger partial charge is 0.493 e. The Hall–Kier alpha value is -3.00. The number of hydrogen-bond donors (Lipinski definition) is 2. The van der Waals surface area contributed by atoms with E-state index in [-0.39, 0.29) is 6.54 Å². The van der Waals surface area contributed by atoms with E-state index in [4.69, 9.17) is 15.1 Å². The number of nitrogens with one attached hydrogen (secondary N) is 1. The minimum Gasteiger partial charge on any atom is -0.493 e. The first-order chi connectivity index (χ1) is 11.1. The van der Waals surface area contributed by atoms with E-state index < -0.39 is 5.97 Å². The number of benzene rings is 2. The molecule has 2 rings (SSSR count). The van der Waals surface area contributed by atoms with Gasteiger partial charge in [-0.2, -0.15) is 5.26 Å². The van der Waals surface area contributed by atoms with Gasteiger partial charge < -0.3 is 15.2 Å². The lowest BCUT2D eigenvalue weighted by molar-refractivity contribution is -0.134. The molecule has 5 nitrogen and oxygen atoms in total. The number of aryl methyl sites for hydroxylation is 1. The Balaban J connectivity index is 1.91. The van der Waals surface area contributed by atoms with Gasteiger partial charge in [-0.25, -0.2) is 0 Å². The highest BCUT2D eigenvalue weighted by Gasteiger charge is 2.02. The van der Waals surface area contributed by atoms with Crippen molar-refractivity contribution >= 4 is 11.7 Å². The minimum atomic E-state index is -0.908. The minimum absolute atomic E-state index is 0.131. The predicted molar refractivity (Wildman–Crippen MR) is 87.7 cm³/mol. The number of carbonyl (C=O) groups is 1. The van der Waals surface area contributed by atoms with Crippen LogP contribution in [-0.4, -0.2) is 24.2 Å². The quantitative estimate of drug-likeness (QED) is 0.821. The SMILES string of the molecule is Cc1cc(NCC(=O)O)cc(OCCc2ccc(C#N)cc2)c1. The van der Waals surface area contributed by atoms with Crippen molar-refractivity contribution < 1.29 is 14.6 Å². The average molecular weight is 310 g/mol. The molecule has 2 aromatic rings. The number of hydrogen-bond acceptors (Lipinski definition) is 4. The van der Waals surface area contributed by atoms with E-state index in [1.54, 1.807) is 18.2 Å². The van der Waals surface area contributed by atoms with Gasteiger partial charge in [-0.3, -0.25) is 4.79 Å². The van der Waals surface area contributed by atoms with Crippen molar-refractivity contribution in [2.24, 2.45) is 0 Å². The van der Waals surface area contributed by atoms with E-state index in [2.05, 4.69) is 11.4 Å². The first-order valence-corrected chi connectivity index (χ1v) is 7.26. The third kappa shape index (κ3) is 5.36. The van der Waals surface area contributed by atoms with Crippen LogP contribution >= 0.6 is 0 Å². The standard InChI is InChI=1S/C18H18N2O3/c1-13-8-16(20-12-18(21)22)10-17(9-13)23-7-6-14-2-4-15(11-19)5-3-14/h2-5,8-10,20H,6-7,12H2,1H3,(H,21,22). The molecular weight excluding hydrogens is 292 g/mol. The van der Waals surface area contributed by atoms with E-state index in [1.807, 2.05) is 31.2 Å². The molecule has 118 valence electrons. The molecule has 0 heterocycles. The highest BCUT2D eigenvalue weighted by atomic mass is 16.5. The molecule has 5 heteroatoms. The molecule has 23 heavy (non-hydrogen) atoms. The van der Waals surface area contributed by atoms with Crippen LogP contribution in [-0.2, 0) is 11.2 Å². The van der Waals surface area contributed by atoms with Crippen LogP contribution in [0.3, 0.4) is 0 Å². The van der Waals surface area contributed by atoms with E-state index in [0.717, 1.165) is 23.2 Å². The average Bonchev–Trinajstić information content (AvgIpc) is 2.53. The normalized spacial score (nSPS) is 9.91. The molecular formula is C18H18N2O3. The molecule has 2 N–H and O–H groups in total. The third-order valence-electron chi connectivity index (χ3n) is 3.24. The third-order valence-corrected chi connectivity index (χ3v) is 3.24. The molecule has 0 bridgehead atoms. The van der Waals surface area contributed by atoms with Gasteiger partial charge in [0.15, 0.2) is 0 Å². The summed E-state index contributed by atoms with van der Waals surface area (Å²) in [6, 6.07) is 15.1. The number of ether oxygens (including phenoxy) is 1. The van der Waals surface area contributed by atoms with Crippen LogP contribution < -0.4 is 10.1 Å². The van der Waals surface area contributed by atoms with Crippen molar-refractivity contribution in [3.05, 3.63) is 59.2 Å². The van der Waals surface area contributed by atoms with Gasteiger partial charge in [0.2, 0.25) is 0 Å². The van der Waals surface area contributed by atoms with Crippen LogP contribution in [0.15, 0.2) is 42.5 Å². The van der Waals surface area contributed by atoms with Crippen molar-refractivity contribution in [3.8, 4) is 11.8 Å². The number of rotatable bonds is 7. The Morgan fingerprint density at radius 2 is 2.00 bits per heavy atom. The van der Waals surface area contributed by atoms with E-state index in [1.165, 1.54) is 0 Å². The summed E-state index contributed by atoms with van der Waals surface area (Å²) in [6.45, 7) is 2.31. The summed E-state index contributed by atoms with van der Waals surface area (Å²) in [5, 5.41) is 20.3. The molecule has 0 radical (unpaired) electrons. The van der Waals surface area contributed by atoms with Crippen LogP contribution in [0.25, 0.3) is 0 Å². The Labute approximate surface area is 135 Å². The second kappa shape index (κ2) is 7.85. The van der Waals surface area contributed by atoms with Crippen LogP contribution in [0.1, 0.15) is 16.7 Å². The molecule has 0 aliphatic rings. The first kappa shape index (κ1) is 16.4. The molecule has 0 aliphatic heterocycles. The Kier molecular flexibility index (Phi) is 5.59. The van der Waals surface area contributed by atoms with Crippen LogP contribution in [0.4, 0.5) is 5.69 Å². The van der Waals surface area contributed by atoms with Gasteiger partial charge in [-0.15, -0.1) is 0 Å². The van der Waals surface area contributed by atoms with Gasteiger partial charge in [0.1, 0.15) is 12.3 Å². The number of carboxylic acid groups (broad SMARTS) is 1. The van der Waals surface area contributed by atoms with Crippen LogP contribution in [0.2, 0.25) is 0 Å².